The second kappa shape index (κ2) is 7.08. The lowest BCUT2D eigenvalue weighted by atomic mass is 10.1. The van der Waals surface area contributed by atoms with E-state index in [4.69, 9.17) is 11.6 Å². The molecule has 0 unspecified atom stereocenters. The Morgan fingerprint density at radius 3 is 2.89 bits per heavy atom. The number of piperazine rings is 1. The molecular formula is C13H17Cl2FN2O. The van der Waals surface area contributed by atoms with Crippen LogP contribution in [0.1, 0.15) is 12.5 Å². The van der Waals surface area contributed by atoms with Crippen molar-refractivity contribution in [2.24, 2.45) is 0 Å². The number of hydrogen-bond donors (Lipinski definition) is 1. The summed E-state index contributed by atoms with van der Waals surface area (Å²) >= 11 is 5.77. The molecular weight excluding hydrogens is 290 g/mol. The zero-order valence-corrected chi connectivity index (χ0v) is 12.2. The van der Waals surface area contributed by atoms with Gasteiger partial charge in [0, 0.05) is 30.7 Å². The summed E-state index contributed by atoms with van der Waals surface area (Å²) in [6.07, 6.45) is 0.199. The number of nitrogens with one attached hydrogen (secondary N) is 1. The first kappa shape index (κ1) is 16.2. The molecule has 0 aromatic heterocycles. The normalized spacial score (nSPS) is 18.9. The summed E-state index contributed by atoms with van der Waals surface area (Å²) in [7, 11) is 0. The van der Waals surface area contributed by atoms with Crippen molar-refractivity contribution in [2.75, 3.05) is 19.6 Å². The van der Waals surface area contributed by atoms with E-state index < -0.39 is 5.82 Å². The van der Waals surface area contributed by atoms with Crippen LogP contribution in [0, 0.1) is 5.82 Å². The number of nitrogens with zero attached hydrogens (tertiary/aromatic N) is 1. The third-order valence-corrected chi connectivity index (χ3v) is 3.22. The van der Waals surface area contributed by atoms with E-state index in [-0.39, 0.29) is 24.7 Å². The Bertz CT molecular complexity index is 436. The van der Waals surface area contributed by atoms with Gasteiger partial charge < -0.3 is 10.2 Å². The van der Waals surface area contributed by atoms with Gasteiger partial charge in [0.25, 0.3) is 0 Å². The Kier molecular flexibility index (Phi) is 6.04. The van der Waals surface area contributed by atoms with Crippen LogP contribution < -0.4 is 5.32 Å². The molecule has 1 amide bonds. The summed E-state index contributed by atoms with van der Waals surface area (Å²) < 4.78 is 13.2. The SMILES string of the molecule is C[C@@H]1CN(C(=O)Cc2cc(F)cc(Cl)c2)CCN1.Cl. The first-order chi connectivity index (χ1) is 8.54. The number of hydrogen-bond acceptors (Lipinski definition) is 2. The van der Waals surface area contributed by atoms with Crippen molar-refractivity contribution < 1.29 is 9.18 Å². The highest BCUT2D eigenvalue weighted by molar-refractivity contribution is 6.30. The largest absolute Gasteiger partial charge is 0.340 e. The highest BCUT2D eigenvalue weighted by atomic mass is 35.5. The monoisotopic (exact) mass is 306 g/mol. The van der Waals surface area contributed by atoms with Gasteiger partial charge in [0.15, 0.2) is 0 Å². The van der Waals surface area contributed by atoms with Crippen LogP contribution >= 0.6 is 24.0 Å². The molecule has 0 radical (unpaired) electrons. The molecule has 1 saturated heterocycles. The van der Waals surface area contributed by atoms with E-state index in [0.29, 0.717) is 29.7 Å². The Balaban J connectivity index is 0.00000180. The zero-order valence-electron chi connectivity index (χ0n) is 10.7. The van der Waals surface area contributed by atoms with Crippen LogP contribution in [0.3, 0.4) is 0 Å². The van der Waals surface area contributed by atoms with Gasteiger partial charge in [0.05, 0.1) is 6.42 Å². The fourth-order valence-corrected chi connectivity index (χ4v) is 2.40. The minimum Gasteiger partial charge on any atom is -0.340 e. The highest BCUT2D eigenvalue weighted by Gasteiger charge is 2.20. The van der Waals surface area contributed by atoms with Crippen molar-refractivity contribution in [3.8, 4) is 0 Å². The summed E-state index contributed by atoms with van der Waals surface area (Å²) in [5, 5.41) is 3.60. The average molecular weight is 307 g/mol. The molecule has 1 aliphatic rings. The smallest absolute Gasteiger partial charge is 0.227 e. The molecule has 1 aromatic rings. The van der Waals surface area contributed by atoms with Crippen molar-refractivity contribution in [2.45, 2.75) is 19.4 Å². The maximum Gasteiger partial charge on any atom is 0.227 e. The molecule has 2 rings (SSSR count). The van der Waals surface area contributed by atoms with E-state index in [1.165, 1.54) is 12.1 Å². The fraction of sp³-hybridized carbons (Fsp3) is 0.462. The van der Waals surface area contributed by atoms with Crippen LogP contribution in [-0.4, -0.2) is 36.5 Å². The van der Waals surface area contributed by atoms with Gasteiger partial charge in [-0.05, 0) is 30.7 Å². The molecule has 0 saturated carbocycles. The summed E-state index contributed by atoms with van der Waals surface area (Å²) in [6.45, 7) is 4.24. The lowest BCUT2D eigenvalue weighted by molar-refractivity contribution is -0.131. The van der Waals surface area contributed by atoms with Crippen molar-refractivity contribution in [3.63, 3.8) is 0 Å². The Morgan fingerprint density at radius 1 is 1.53 bits per heavy atom. The summed E-state index contributed by atoms with van der Waals surface area (Å²) in [5.41, 5.74) is 0.621. The third-order valence-electron chi connectivity index (χ3n) is 3.00. The molecule has 1 aromatic carbocycles. The molecule has 1 heterocycles. The number of halogens is 3. The predicted molar refractivity (Wildman–Crippen MR) is 76.4 cm³/mol. The number of amides is 1. The zero-order chi connectivity index (χ0) is 13.1. The van der Waals surface area contributed by atoms with Gasteiger partial charge in [-0.25, -0.2) is 4.39 Å². The van der Waals surface area contributed by atoms with E-state index in [9.17, 15) is 9.18 Å². The molecule has 19 heavy (non-hydrogen) atoms. The minimum atomic E-state index is -0.404. The molecule has 1 N–H and O–H groups in total. The summed E-state index contributed by atoms with van der Waals surface area (Å²) in [6, 6.07) is 4.53. The highest BCUT2D eigenvalue weighted by Crippen LogP contribution is 2.15. The van der Waals surface area contributed by atoms with Crippen molar-refractivity contribution in [1.29, 1.82) is 0 Å². The maximum atomic E-state index is 13.2. The van der Waals surface area contributed by atoms with Crippen LogP contribution in [0.5, 0.6) is 0 Å². The first-order valence-corrected chi connectivity index (χ1v) is 6.38. The van der Waals surface area contributed by atoms with Gasteiger partial charge in [0.2, 0.25) is 5.91 Å². The standard InChI is InChI=1S/C13H16ClFN2O.ClH/c1-9-8-17(3-2-16-9)13(18)6-10-4-11(14)7-12(15)5-10;/h4-5,7,9,16H,2-3,6,8H2,1H3;1H/t9-;/m1./s1. The quantitative estimate of drug-likeness (QED) is 0.909. The van der Waals surface area contributed by atoms with E-state index in [0.717, 1.165) is 6.54 Å². The Hall–Kier alpha value is -0.840. The van der Waals surface area contributed by atoms with E-state index in [1.54, 1.807) is 11.0 Å². The van der Waals surface area contributed by atoms with Crippen molar-refractivity contribution in [3.05, 3.63) is 34.6 Å². The van der Waals surface area contributed by atoms with E-state index >= 15 is 0 Å². The lowest BCUT2D eigenvalue weighted by Gasteiger charge is -2.32. The van der Waals surface area contributed by atoms with Gasteiger partial charge in [-0.2, -0.15) is 0 Å². The van der Waals surface area contributed by atoms with Crippen LogP contribution in [-0.2, 0) is 11.2 Å². The number of carbonyl (C=O) groups is 1. The molecule has 0 bridgehead atoms. The lowest BCUT2D eigenvalue weighted by Crippen LogP contribution is -2.51. The molecule has 1 fully saturated rings. The average Bonchev–Trinajstić information content (AvgIpc) is 2.27. The number of carbonyl (C=O) groups excluding carboxylic acids is 1. The molecule has 0 spiro atoms. The Morgan fingerprint density at radius 2 is 2.26 bits per heavy atom. The van der Waals surface area contributed by atoms with Crippen LogP contribution in [0.15, 0.2) is 18.2 Å². The van der Waals surface area contributed by atoms with E-state index in [2.05, 4.69) is 5.32 Å². The Labute approximate surface area is 123 Å². The van der Waals surface area contributed by atoms with Gasteiger partial charge in [-0.1, -0.05) is 11.6 Å². The molecule has 0 aliphatic carbocycles. The fourth-order valence-electron chi connectivity index (χ4n) is 2.16. The summed E-state index contributed by atoms with van der Waals surface area (Å²) in [5.74, 6) is -0.385. The summed E-state index contributed by atoms with van der Waals surface area (Å²) in [4.78, 5) is 13.9. The minimum absolute atomic E-state index is 0. The topological polar surface area (TPSA) is 32.3 Å². The van der Waals surface area contributed by atoms with Gasteiger partial charge in [-0.3, -0.25) is 4.79 Å². The number of rotatable bonds is 2. The molecule has 106 valence electrons. The molecule has 6 heteroatoms. The number of benzene rings is 1. The third kappa shape index (κ3) is 4.64. The maximum absolute atomic E-state index is 13.2. The van der Waals surface area contributed by atoms with Crippen molar-refractivity contribution >= 4 is 29.9 Å². The molecule has 1 aliphatic heterocycles. The van der Waals surface area contributed by atoms with Crippen LogP contribution in [0.25, 0.3) is 0 Å². The van der Waals surface area contributed by atoms with Gasteiger partial charge in [0.1, 0.15) is 5.82 Å². The first-order valence-electron chi connectivity index (χ1n) is 6.01. The predicted octanol–water partition coefficient (Wildman–Crippen LogP) is 2.26. The second-order valence-electron chi connectivity index (χ2n) is 4.65. The molecule has 1 atom stereocenters. The molecule has 3 nitrogen and oxygen atoms in total. The second-order valence-corrected chi connectivity index (χ2v) is 5.09. The van der Waals surface area contributed by atoms with E-state index in [1.807, 2.05) is 6.92 Å². The van der Waals surface area contributed by atoms with Crippen LogP contribution in [0.4, 0.5) is 4.39 Å². The van der Waals surface area contributed by atoms with Gasteiger partial charge in [-0.15, -0.1) is 12.4 Å². The van der Waals surface area contributed by atoms with Crippen molar-refractivity contribution in [1.82, 2.24) is 10.2 Å². The van der Waals surface area contributed by atoms with Crippen LogP contribution in [0.2, 0.25) is 5.02 Å². The van der Waals surface area contributed by atoms with Gasteiger partial charge >= 0.3 is 0 Å².